The van der Waals surface area contributed by atoms with E-state index in [4.69, 9.17) is 0 Å². The monoisotopic (exact) mass is 350 g/mol. The molecule has 2 aromatic rings. The summed E-state index contributed by atoms with van der Waals surface area (Å²) >= 11 is 0. The molecule has 1 heterocycles. The highest BCUT2D eigenvalue weighted by atomic mass is 16.3. The van der Waals surface area contributed by atoms with Crippen LogP contribution in [-0.4, -0.2) is 26.3 Å². The number of aliphatic hydroxyl groups is 2. The Bertz CT molecular complexity index is 799. The van der Waals surface area contributed by atoms with Gasteiger partial charge < -0.3 is 10.2 Å². The van der Waals surface area contributed by atoms with E-state index in [2.05, 4.69) is 16.9 Å². The minimum atomic E-state index is -0.922. The van der Waals surface area contributed by atoms with Crippen LogP contribution in [0.25, 0.3) is 5.57 Å². The second kappa shape index (κ2) is 7.83. The van der Waals surface area contributed by atoms with E-state index >= 15 is 0 Å². The molecule has 0 amide bonds. The molecule has 0 bridgehead atoms. The van der Waals surface area contributed by atoms with Crippen molar-refractivity contribution in [3.05, 3.63) is 77.6 Å². The van der Waals surface area contributed by atoms with Crippen molar-refractivity contribution in [2.45, 2.75) is 51.0 Å². The molecule has 1 aromatic carbocycles. The first kappa shape index (κ1) is 18.3. The van der Waals surface area contributed by atoms with Gasteiger partial charge in [-0.1, -0.05) is 55.7 Å². The Labute approximate surface area is 155 Å². The van der Waals surface area contributed by atoms with Gasteiger partial charge in [0.25, 0.3) is 0 Å². The smallest absolute Gasteiger partial charge is 0.141 e. The van der Waals surface area contributed by atoms with Crippen molar-refractivity contribution in [2.24, 2.45) is 0 Å². The third-order valence-electron chi connectivity index (χ3n) is 5.24. The van der Waals surface area contributed by atoms with Crippen LogP contribution in [0.1, 0.15) is 50.9 Å². The van der Waals surface area contributed by atoms with E-state index in [0.29, 0.717) is 11.4 Å². The number of aliphatic hydroxyl groups excluding tert-OH is 2. The number of hydrogen-bond acceptors (Lipinski definition) is 4. The van der Waals surface area contributed by atoms with Gasteiger partial charge in [-0.2, -0.15) is 0 Å². The first-order valence-corrected chi connectivity index (χ1v) is 9.24. The number of aromatic nitrogens is 2. The van der Waals surface area contributed by atoms with Gasteiger partial charge in [-0.15, -0.1) is 0 Å². The normalized spacial score (nSPS) is 23.0. The second-order valence-electron chi connectivity index (χ2n) is 6.97. The van der Waals surface area contributed by atoms with E-state index in [1.165, 1.54) is 0 Å². The maximum atomic E-state index is 11.4. The van der Waals surface area contributed by atoms with Crippen molar-refractivity contribution in [1.29, 1.82) is 0 Å². The van der Waals surface area contributed by atoms with E-state index in [-0.39, 0.29) is 5.76 Å². The molecule has 0 saturated heterocycles. The van der Waals surface area contributed by atoms with Crippen LogP contribution in [0.2, 0.25) is 0 Å². The topological polar surface area (TPSA) is 66.2 Å². The Balaban J connectivity index is 2.11. The van der Waals surface area contributed by atoms with Gasteiger partial charge in [-0.05, 0) is 37.5 Å². The van der Waals surface area contributed by atoms with Gasteiger partial charge in [0.05, 0.1) is 11.5 Å². The van der Waals surface area contributed by atoms with Crippen molar-refractivity contribution in [2.75, 3.05) is 0 Å². The van der Waals surface area contributed by atoms with E-state index in [1.54, 1.807) is 24.5 Å². The first-order valence-electron chi connectivity index (χ1n) is 9.24. The van der Waals surface area contributed by atoms with Crippen molar-refractivity contribution >= 4 is 5.57 Å². The Morgan fingerprint density at radius 1 is 1.04 bits per heavy atom. The molecule has 0 spiro atoms. The van der Waals surface area contributed by atoms with Crippen molar-refractivity contribution in [1.82, 2.24) is 9.97 Å². The summed E-state index contributed by atoms with van der Waals surface area (Å²) in [5.74, 6) is 0.708. The molecule has 136 valence electrons. The van der Waals surface area contributed by atoms with E-state index in [9.17, 15) is 10.2 Å². The number of benzene rings is 1. The van der Waals surface area contributed by atoms with Crippen LogP contribution in [0.3, 0.4) is 0 Å². The van der Waals surface area contributed by atoms with Crippen molar-refractivity contribution in [3.63, 3.8) is 0 Å². The molecular formula is C22H26N2O2. The van der Waals surface area contributed by atoms with Gasteiger partial charge in [0.15, 0.2) is 0 Å². The molecule has 3 rings (SSSR count). The fourth-order valence-corrected chi connectivity index (χ4v) is 3.65. The van der Waals surface area contributed by atoms with E-state index < -0.39 is 11.5 Å². The standard InChI is InChI=1S/C22H26N2O2/c1-3-4-6-12-17-15-18(25)19(16-10-7-5-8-11-16)20(26)22(17,2)21-23-13-9-14-24-21/h5,7-11,13-15,20,25-26H,3-4,6,12H2,1-2H3. The molecule has 26 heavy (non-hydrogen) atoms. The lowest BCUT2D eigenvalue weighted by Gasteiger charge is -2.40. The van der Waals surface area contributed by atoms with Gasteiger partial charge >= 0.3 is 0 Å². The van der Waals surface area contributed by atoms with Crippen LogP contribution in [0.5, 0.6) is 0 Å². The van der Waals surface area contributed by atoms with Crippen LogP contribution >= 0.6 is 0 Å². The van der Waals surface area contributed by atoms with Crippen LogP contribution in [-0.2, 0) is 5.41 Å². The van der Waals surface area contributed by atoms with Crippen LogP contribution in [0.4, 0.5) is 0 Å². The molecule has 0 radical (unpaired) electrons. The first-order chi connectivity index (χ1) is 12.6. The number of hydrogen-bond donors (Lipinski definition) is 2. The summed E-state index contributed by atoms with van der Waals surface area (Å²) in [6.45, 7) is 4.13. The fourth-order valence-electron chi connectivity index (χ4n) is 3.65. The summed E-state index contributed by atoms with van der Waals surface area (Å²) in [6.07, 6.45) is 8.31. The molecule has 2 N–H and O–H groups in total. The lowest BCUT2D eigenvalue weighted by atomic mass is 9.67. The fraction of sp³-hybridized carbons (Fsp3) is 0.364. The summed E-state index contributed by atoms with van der Waals surface area (Å²) in [5, 5.41) is 22.1. The molecule has 0 saturated carbocycles. The van der Waals surface area contributed by atoms with Crippen molar-refractivity contribution < 1.29 is 10.2 Å². The lowest BCUT2D eigenvalue weighted by molar-refractivity contribution is 0.148. The molecule has 1 aliphatic rings. The van der Waals surface area contributed by atoms with Crippen LogP contribution in [0.15, 0.2) is 66.2 Å². The van der Waals surface area contributed by atoms with Crippen molar-refractivity contribution in [3.8, 4) is 0 Å². The van der Waals surface area contributed by atoms with Gasteiger partial charge in [-0.25, -0.2) is 9.97 Å². The third-order valence-corrected chi connectivity index (χ3v) is 5.24. The summed E-state index contributed by atoms with van der Waals surface area (Å²) in [7, 11) is 0. The van der Waals surface area contributed by atoms with E-state index in [1.807, 2.05) is 37.3 Å². The Morgan fingerprint density at radius 3 is 2.38 bits per heavy atom. The summed E-state index contributed by atoms with van der Waals surface area (Å²) in [4.78, 5) is 8.88. The van der Waals surface area contributed by atoms with Gasteiger partial charge in [-0.3, -0.25) is 0 Å². The maximum absolute atomic E-state index is 11.4. The Kier molecular flexibility index (Phi) is 5.52. The highest BCUT2D eigenvalue weighted by Gasteiger charge is 2.46. The van der Waals surface area contributed by atoms with Gasteiger partial charge in [0.2, 0.25) is 0 Å². The largest absolute Gasteiger partial charge is 0.508 e. The molecule has 2 atom stereocenters. The Morgan fingerprint density at radius 2 is 1.73 bits per heavy atom. The molecular weight excluding hydrogens is 324 g/mol. The molecule has 1 aliphatic carbocycles. The second-order valence-corrected chi connectivity index (χ2v) is 6.97. The molecule has 2 unspecified atom stereocenters. The molecule has 4 nitrogen and oxygen atoms in total. The number of nitrogens with zero attached hydrogens (tertiary/aromatic N) is 2. The molecule has 4 heteroatoms. The zero-order valence-electron chi connectivity index (χ0n) is 15.4. The summed E-state index contributed by atoms with van der Waals surface area (Å²) in [6, 6.07) is 11.3. The van der Waals surface area contributed by atoms with Crippen LogP contribution < -0.4 is 0 Å². The predicted molar refractivity (Wildman–Crippen MR) is 104 cm³/mol. The lowest BCUT2D eigenvalue weighted by Crippen LogP contribution is -2.43. The predicted octanol–water partition coefficient (Wildman–Crippen LogP) is 4.58. The number of allylic oxidation sites excluding steroid dienone is 1. The average molecular weight is 350 g/mol. The zero-order valence-corrected chi connectivity index (χ0v) is 15.4. The minimum Gasteiger partial charge on any atom is -0.508 e. The van der Waals surface area contributed by atoms with E-state index in [0.717, 1.165) is 36.8 Å². The van der Waals surface area contributed by atoms with Gasteiger partial charge in [0.1, 0.15) is 11.6 Å². The molecule has 0 fully saturated rings. The minimum absolute atomic E-state index is 0.128. The quantitative estimate of drug-likeness (QED) is 0.748. The Hall–Kier alpha value is -2.46. The maximum Gasteiger partial charge on any atom is 0.141 e. The van der Waals surface area contributed by atoms with Crippen LogP contribution in [0, 0.1) is 0 Å². The highest BCUT2D eigenvalue weighted by Crippen LogP contribution is 2.45. The SMILES string of the molecule is CCCCCC1=CC(O)=C(c2ccccc2)C(O)C1(C)c1ncccn1. The third kappa shape index (κ3) is 3.29. The molecule has 0 aliphatic heterocycles. The highest BCUT2D eigenvalue weighted by molar-refractivity contribution is 5.76. The number of unbranched alkanes of at least 4 members (excludes halogenated alkanes) is 2. The summed E-state index contributed by atoms with van der Waals surface area (Å²) in [5.41, 5.74) is 1.54. The number of rotatable bonds is 6. The molecule has 1 aromatic heterocycles. The summed E-state index contributed by atoms with van der Waals surface area (Å²) < 4.78 is 0. The average Bonchev–Trinajstić information content (AvgIpc) is 2.67. The zero-order chi connectivity index (χ0) is 18.6. The van der Waals surface area contributed by atoms with Gasteiger partial charge in [0, 0.05) is 18.0 Å².